The van der Waals surface area contributed by atoms with Gasteiger partial charge in [0, 0.05) is 7.11 Å². The molecule has 0 saturated heterocycles. The second-order valence-electron chi connectivity index (χ2n) is 1.77. The Morgan fingerprint density at radius 3 is 2.50 bits per heavy atom. The van der Waals surface area contributed by atoms with Gasteiger partial charge in [-0.3, -0.25) is 0 Å². The van der Waals surface area contributed by atoms with Crippen molar-refractivity contribution in [2.75, 3.05) is 25.2 Å². The van der Waals surface area contributed by atoms with Crippen LogP contribution in [0.2, 0.25) is 0 Å². The molecule has 0 N–H and O–H groups in total. The summed E-state index contributed by atoms with van der Waals surface area (Å²) in [6.07, 6.45) is 0.380. The van der Waals surface area contributed by atoms with E-state index in [1.54, 1.807) is 0 Å². The number of aldehydes is 1. The second kappa shape index (κ2) is 4.40. The van der Waals surface area contributed by atoms with Gasteiger partial charge in [-0.05, 0) is 0 Å². The first-order valence-corrected chi connectivity index (χ1v) is 4.57. The van der Waals surface area contributed by atoms with Crippen LogP contribution >= 0.6 is 0 Å². The summed E-state index contributed by atoms with van der Waals surface area (Å²) in [7, 11) is -1.77. The van der Waals surface area contributed by atoms with Gasteiger partial charge in [-0.2, -0.15) is 0 Å². The van der Waals surface area contributed by atoms with Crippen LogP contribution in [0.5, 0.6) is 0 Å². The minimum absolute atomic E-state index is 0.0811. The number of ether oxygens (including phenoxy) is 1. The maximum Gasteiger partial charge on any atom is 0.159 e. The van der Waals surface area contributed by atoms with Gasteiger partial charge in [0.1, 0.15) is 12.0 Å². The summed E-state index contributed by atoms with van der Waals surface area (Å²) in [5.41, 5.74) is 0. The van der Waals surface area contributed by atoms with E-state index in [9.17, 15) is 13.2 Å². The van der Waals surface area contributed by atoms with E-state index >= 15 is 0 Å². The fourth-order valence-electron chi connectivity index (χ4n) is 0.397. The Hall–Kier alpha value is -0.420. The van der Waals surface area contributed by atoms with E-state index in [1.807, 2.05) is 0 Å². The Balaban J connectivity index is 3.76. The van der Waals surface area contributed by atoms with E-state index in [2.05, 4.69) is 4.74 Å². The Bertz CT molecular complexity index is 182. The highest BCUT2D eigenvalue weighted by atomic mass is 32.2. The zero-order chi connectivity index (χ0) is 8.04. The van der Waals surface area contributed by atoms with E-state index in [0.717, 1.165) is 0 Å². The molecule has 0 unspecified atom stereocenters. The van der Waals surface area contributed by atoms with Crippen LogP contribution < -0.4 is 0 Å². The molecule has 0 aromatic carbocycles. The van der Waals surface area contributed by atoms with E-state index < -0.39 is 15.6 Å². The third-order valence-electron chi connectivity index (χ3n) is 0.920. The molecule has 4 nitrogen and oxygen atoms in total. The van der Waals surface area contributed by atoms with Crippen LogP contribution in [0.3, 0.4) is 0 Å². The molecule has 0 amide bonds. The van der Waals surface area contributed by atoms with Crippen LogP contribution in [-0.4, -0.2) is 39.9 Å². The monoisotopic (exact) mass is 166 g/mol. The highest BCUT2D eigenvalue weighted by Gasteiger charge is 2.07. The molecule has 60 valence electrons. The van der Waals surface area contributed by atoms with Crippen molar-refractivity contribution < 1.29 is 17.9 Å². The maximum absolute atomic E-state index is 10.7. The van der Waals surface area contributed by atoms with Crippen LogP contribution in [0.1, 0.15) is 0 Å². The molecule has 0 aliphatic rings. The molecule has 0 aliphatic heterocycles. The topological polar surface area (TPSA) is 60.4 Å². The van der Waals surface area contributed by atoms with Crippen molar-refractivity contribution in [2.24, 2.45) is 0 Å². The highest BCUT2D eigenvalue weighted by Crippen LogP contribution is 1.86. The first-order valence-electron chi connectivity index (χ1n) is 2.75. The third-order valence-corrected chi connectivity index (χ3v) is 2.35. The van der Waals surface area contributed by atoms with Crippen molar-refractivity contribution in [2.45, 2.75) is 0 Å². The van der Waals surface area contributed by atoms with E-state index in [-0.39, 0.29) is 12.4 Å². The fraction of sp³-hybridized carbons (Fsp3) is 0.800. The van der Waals surface area contributed by atoms with Crippen molar-refractivity contribution in [3.63, 3.8) is 0 Å². The number of carbonyl (C=O) groups is 1. The van der Waals surface area contributed by atoms with Gasteiger partial charge in [0.05, 0.1) is 12.4 Å². The summed E-state index contributed by atoms with van der Waals surface area (Å²) in [4.78, 5) is 9.76. The van der Waals surface area contributed by atoms with Gasteiger partial charge in [-0.15, -0.1) is 0 Å². The van der Waals surface area contributed by atoms with Crippen LogP contribution in [0, 0.1) is 0 Å². The van der Waals surface area contributed by atoms with Gasteiger partial charge in [-0.25, -0.2) is 8.42 Å². The minimum atomic E-state index is -3.19. The van der Waals surface area contributed by atoms with E-state index in [4.69, 9.17) is 0 Å². The van der Waals surface area contributed by atoms with Crippen LogP contribution in [-0.2, 0) is 19.4 Å². The lowest BCUT2D eigenvalue weighted by molar-refractivity contribution is -0.105. The Morgan fingerprint density at radius 2 is 2.10 bits per heavy atom. The third kappa shape index (κ3) is 4.46. The lowest BCUT2D eigenvalue weighted by Crippen LogP contribution is -2.15. The molecule has 0 radical (unpaired) electrons. The largest absolute Gasteiger partial charge is 0.384 e. The van der Waals surface area contributed by atoms with E-state index in [0.29, 0.717) is 6.29 Å². The second-order valence-corrected chi connectivity index (χ2v) is 4.00. The number of hydrogen-bond acceptors (Lipinski definition) is 4. The lowest BCUT2D eigenvalue weighted by Gasteiger charge is -1.96. The zero-order valence-electron chi connectivity index (χ0n) is 5.74. The molecule has 0 fully saturated rings. The van der Waals surface area contributed by atoms with Gasteiger partial charge in [-0.1, -0.05) is 0 Å². The fourth-order valence-corrected chi connectivity index (χ4v) is 1.19. The quantitative estimate of drug-likeness (QED) is 0.504. The molecule has 10 heavy (non-hydrogen) atoms. The van der Waals surface area contributed by atoms with Crippen molar-refractivity contribution in [3.05, 3.63) is 0 Å². The van der Waals surface area contributed by atoms with Crippen molar-refractivity contribution in [1.82, 2.24) is 0 Å². The predicted molar refractivity (Wildman–Crippen MR) is 36.6 cm³/mol. The molecular weight excluding hydrogens is 156 g/mol. The molecule has 0 aromatic heterocycles. The summed E-state index contributed by atoms with van der Waals surface area (Å²) in [6, 6.07) is 0. The normalized spacial score (nSPS) is 11.3. The molecule has 0 bridgehead atoms. The molecule has 0 aliphatic carbocycles. The zero-order valence-corrected chi connectivity index (χ0v) is 6.56. The number of hydrogen-bond donors (Lipinski definition) is 0. The molecule has 0 aromatic rings. The van der Waals surface area contributed by atoms with Gasteiger partial charge >= 0.3 is 0 Å². The smallest absolute Gasteiger partial charge is 0.159 e. The Kier molecular flexibility index (Phi) is 4.22. The minimum Gasteiger partial charge on any atom is -0.384 e. The molecule has 5 heteroatoms. The van der Waals surface area contributed by atoms with Gasteiger partial charge in [0.25, 0.3) is 0 Å². The van der Waals surface area contributed by atoms with Gasteiger partial charge < -0.3 is 9.53 Å². The molecule has 0 heterocycles. The Labute approximate surface area is 60.1 Å². The first-order chi connectivity index (χ1) is 4.62. The van der Waals surface area contributed by atoms with Crippen molar-refractivity contribution in [1.29, 1.82) is 0 Å². The molecular formula is C5H10O4S. The van der Waals surface area contributed by atoms with Crippen LogP contribution in [0.15, 0.2) is 0 Å². The number of carbonyl (C=O) groups excluding carboxylic acids is 1. The highest BCUT2D eigenvalue weighted by molar-refractivity contribution is 7.92. The number of methoxy groups -OCH3 is 1. The summed E-state index contributed by atoms with van der Waals surface area (Å²) in [5, 5.41) is 0. The Morgan fingerprint density at radius 1 is 1.50 bits per heavy atom. The summed E-state index contributed by atoms with van der Waals surface area (Å²) >= 11 is 0. The van der Waals surface area contributed by atoms with Gasteiger partial charge in [0.15, 0.2) is 9.84 Å². The van der Waals surface area contributed by atoms with Crippen LogP contribution in [0.25, 0.3) is 0 Å². The molecule has 0 saturated carbocycles. The average Bonchev–Trinajstić information content (AvgIpc) is 1.84. The number of rotatable bonds is 5. The summed E-state index contributed by atoms with van der Waals surface area (Å²) in [5.74, 6) is -0.488. The predicted octanol–water partition coefficient (Wildman–Crippen LogP) is -0.754. The molecule has 0 spiro atoms. The van der Waals surface area contributed by atoms with Crippen molar-refractivity contribution in [3.8, 4) is 0 Å². The summed E-state index contributed by atoms with van der Waals surface area (Å²) in [6.45, 7) is 0.149. The standard InChI is InChI=1S/C5H10O4S/c1-9-3-5-10(7,8)4-2-6/h2H,3-5H2,1H3. The SMILES string of the molecule is COCCS(=O)(=O)CC=O. The van der Waals surface area contributed by atoms with E-state index in [1.165, 1.54) is 7.11 Å². The van der Waals surface area contributed by atoms with Crippen molar-refractivity contribution >= 4 is 16.1 Å². The summed E-state index contributed by atoms with van der Waals surface area (Å²) < 4.78 is 25.9. The molecule has 0 rings (SSSR count). The molecule has 0 atom stereocenters. The lowest BCUT2D eigenvalue weighted by atomic mass is 10.9. The first kappa shape index (κ1) is 9.58. The van der Waals surface area contributed by atoms with Crippen LogP contribution in [0.4, 0.5) is 0 Å². The number of sulfone groups is 1. The average molecular weight is 166 g/mol. The van der Waals surface area contributed by atoms with Gasteiger partial charge in [0.2, 0.25) is 0 Å². The maximum atomic E-state index is 10.7.